The van der Waals surface area contributed by atoms with E-state index in [2.05, 4.69) is 10.6 Å². The number of benzene rings is 1. The molecule has 0 heterocycles. The number of hydrogen-bond donors (Lipinski definition) is 3. The number of carbonyl (C=O) groups excluding carboxylic acids is 2. The molecule has 0 spiro atoms. The minimum absolute atomic E-state index is 0.0413. The predicted molar refractivity (Wildman–Crippen MR) is 89.1 cm³/mol. The zero-order chi connectivity index (χ0) is 17.0. The van der Waals surface area contributed by atoms with Gasteiger partial charge in [-0.1, -0.05) is 31.5 Å². The topological polar surface area (TPSA) is 78.4 Å². The Kier molecular flexibility index (Phi) is 5.42. The lowest BCUT2D eigenvalue weighted by molar-refractivity contribution is -0.126. The average Bonchev–Trinajstić information content (AvgIpc) is 2.48. The first-order chi connectivity index (χ1) is 10.8. The molecule has 0 aromatic heterocycles. The van der Waals surface area contributed by atoms with Crippen LogP contribution in [0.1, 0.15) is 49.0 Å². The standard InChI is InChI=1S/C18H26N2O3/c1-12(2)15(17(22)19-11-18(23)9-4-10-18)20-16(21)14-7-5-13(3)6-8-14/h5-8,12,15,23H,4,9-11H2,1-3H3,(H,19,22)(H,20,21). The van der Waals surface area contributed by atoms with Gasteiger partial charge in [-0.3, -0.25) is 9.59 Å². The summed E-state index contributed by atoms with van der Waals surface area (Å²) >= 11 is 0. The van der Waals surface area contributed by atoms with Gasteiger partial charge in [-0.05, 0) is 44.2 Å². The molecule has 1 saturated carbocycles. The molecule has 0 saturated heterocycles. The minimum Gasteiger partial charge on any atom is -0.388 e. The van der Waals surface area contributed by atoms with Crippen LogP contribution in [0.3, 0.4) is 0 Å². The molecule has 23 heavy (non-hydrogen) atoms. The molecule has 1 atom stereocenters. The third kappa shape index (κ3) is 4.55. The second-order valence-electron chi connectivity index (χ2n) is 6.86. The Bertz CT molecular complexity index is 562. The highest BCUT2D eigenvalue weighted by Crippen LogP contribution is 2.30. The van der Waals surface area contributed by atoms with Crippen molar-refractivity contribution in [2.75, 3.05) is 6.54 Å². The first kappa shape index (κ1) is 17.5. The van der Waals surface area contributed by atoms with Gasteiger partial charge in [0.15, 0.2) is 0 Å². The highest BCUT2D eigenvalue weighted by atomic mass is 16.3. The molecule has 5 nitrogen and oxygen atoms in total. The van der Waals surface area contributed by atoms with Gasteiger partial charge in [0.25, 0.3) is 5.91 Å². The van der Waals surface area contributed by atoms with E-state index >= 15 is 0 Å². The molecule has 0 radical (unpaired) electrons. The van der Waals surface area contributed by atoms with E-state index in [9.17, 15) is 14.7 Å². The van der Waals surface area contributed by atoms with Crippen LogP contribution in [0.25, 0.3) is 0 Å². The van der Waals surface area contributed by atoms with Gasteiger partial charge in [-0.15, -0.1) is 0 Å². The smallest absolute Gasteiger partial charge is 0.251 e. The number of amides is 2. The molecular weight excluding hydrogens is 292 g/mol. The molecule has 3 N–H and O–H groups in total. The van der Waals surface area contributed by atoms with Gasteiger partial charge in [-0.25, -0.2) is 0 Å². The number of aryl methyl sites for hydroxylation is 1. The Balaban J connectivity index is 1.95. The highest BCUT2D eigenvalue weighted by molar-refractivity contribution is 5.97. The summed E-state index contributed by atoms with van der Waals surface area (Å²) < 4.78 is 0. The fraction of sp³-hybridized carbons (Fsp3) is 0.556. The Labute approximate surface area is 137 Å². The summed E-state index contributed by atoms with van der Waals surface area (Å²) in [6.07, 6.45) is 2.43. The lowest BCUT2D eigenvalue weighted by Crippen LogP contribution is -2.54. The quantitative estimate of drug-likeness (QED) is 0.748. The van der Waals surface area contributed by atoms with Crippen LogP contribution >= 0.6 is 0 Å². The zero-order valence-corrected chi connectivity index (χ0v) is 14.1. The van der Waals surface area contributed by atoms with Crippen molar-refractivity contribution in [3.8, 4) is 0 Å². The molecule has 5 heteroatoms. The van der Waals surface area contributed by atoms with Gasteiger partial charge in [0.2, 0.25) is 5.91 Å². The Morgan fingerprint density at radius 1 is 1.22 bits per heavy atom. The van der Waals surface area contributed by atoms with E-state index in [0.29, 0.717) is 5.56 Å². The largest absolute Gasteiger partial charge is 0.388 e. The molecular formula is C18H26N2O3. The summed E-state index contributed by atoms with van der Waals surface area (Å²) in [5, 5.41) is 15.6. The maximum atomic E-state index is 12.4. The molecule has 1 unspecified atom stereocenters. The maximum absolute atomic E-state index is 12.4. The minimum atomic E-state index is -0.766. The summed E-state index contributed by atoms with van der Waals surface area (Å²) in [5.41, 5.74) is 0.845. The first-order valence-corrected chi connectivity index (χ1v) is 8.18. The lowest BCUT2D eigenvalue weighted by Gasteiger charge is -2.37. The Morgan fingerprint density at radius 2 is 1.83 bits per heavy atom. The molecule has 1 aliphatic carbocycles. The van der Waals surface area contributed by atoms with Crippen molar-refractivity contribution in [1.29, 1.82) is 0 Å². The van der Waals surface area contributed by atoms with Crippen molar-refractivity contribution in [3.05, 3.63) is 35.4 Å². The second-order valence-corrected chi connectivity index (χ2v) is 6.86. The van der Waals surface area contributed by atoms with Crippen molar-refractivity contribution in [3.63, 3.8) is 0 Å². The van der Waals surface area contributed by atoms with E-state index in [-0.39, 0.29) is 24.3 Å². The van der Waals surface area contributed by atoms with Crippen LogP contribution in [0, 0.1) is 12.8 Å². The Hall–Kier alpha value is -1.88. The van der Waals surface area contributed by atoms with E-state index < -0.39 is 11.6 Å². The van der Waals surface area contributed by atoms with E-state index in [1.54, 1.807) is 12.1 Å². The summed E-state index contributed by atoms with van der Waals surface area (Å²) in [6.45, 7) is 5.97. The van der Waals surface area contributed by atoms with Gasteiger partial charge in [0.05, 0.1) is 5.60 Å². The molecule has 1 aromatic rings. The van der Waals surface area contributed by atoms with E-state index in [1.807, 2.05) is 32.9 Å². The van der Waals surface area contributed by atoms with Gasteiger partial charge in [0, 0.05) is 12.1 Å². The normalized spacial score (nSPS) is 17.3. The molecule has 1 aliphatic rings. The van der Waals surface area contributed by atoms with E-state index in [4.69, 9.17) is 0 Å². The van der Waals surface area contributed by atoms with Crippen molar-refractivity contribution in [1.82, 2.24) is 10.6 Å². The monoisotopic (exact) mass is 318 g/mol. The number of rotatable bonds is 6. The van der Waals surface area contributed by atoms with Gasteiger partial charge < -0.3 is 15.7 Å². The molecule has 0 bridgehead atoms. The summed E-state index contributed by atoms with van der Waals surface area (Å²) in [5.74, 6) is -0.553. The van der Waals surface area contributed by atoms with Crippen LogP contribution in [0.2, 0.25) is 0 Å². The van der Waals surface area contributed by atoms with Crippen LogP contribution in [0.15, 0.2) is 24.3 Å². The maximum Gasteiger partial charge on any atom is 0.251 e. The molecule has 2 rings (SSSR count). The van der Waals surface area contributed by atoms with Crippen LogP contribution in [-0.2, 0) is 4.79 Å². The fourth-order valence-corrected chi connectivity index (χ4v) is 2.59. The van der Waals surface area contributed by atoms with Crippen molar-refractivity contribution < 1.29 is 14.7 Å². The summed E-state index contributed by atoms with van der Waals surface area (Å²) in [7, 11) is 0. The van der Waals surface area contributed by atoms with Gasteiger partial charge >= 0.3 is 0 Å². The molecule has 126 valence electrons. The second kappa shape index (κ2) is 7.13. The third-order valence-electron chi connectivity index (χ3n) is 4.43. The third-order valence-corrected chi connectivity index (χ3v) is 4.43. The number of nitrogens with one attached hydrogen (secondary N) is 2. The lowest BCUT2D eigenvalue weighted by atomic mass is 9.80. The molecule has 0 aliphatic heterocycles. The highest BCUT2D eigenvalue weighted by Gasteiger charge is 2.35. The summed E-state index contributed by atoms with van der Waals surface area (Å²) in [4.78, 5) is 24.7. The average molecular weight is 318 g/mol. The van der Waals surface area contributed by atoms with Crippen molar-refractivity contribution >= 4 is 11.8 Å². The predicted octanol–water partition coefficient (Wildman–Crippen LogP) is 1.78. The number of aliphatic hydroxyl groups is 1. The summed E-state index contributed by atoms with van der Waals surface area (Å²) in [6, 6.07) is 6.61. The van der Waals surface area contributed by atoms with Crippen molar-refractivity contribution in [2.45, 2.75) is 51.7 Å². The van der Waals surface area contributed by atoms with Crippen LogP contribution in [0.4, 0.5) is 0 Å². The van der Waals surface area contributed by atoms with Crippen LogP contribution in [-0.4, -0.2) is 35.1 Å². The zero-order valence-electron chi connectivity index (χ0n) is 14.1. The van der Waals surface area contributed by atoms with Crippen molar-refractivity contribution in [2.24, 2.45) is 5.92 Å². The van der Waals surface area contributed by atoms with Crippen LogP contribution in [0.5, 0.6) is 0 Å². The number of hydrogen-bond acceptors (Lipinski definition) is 3. The molecule has 1 aromatic carbocycles. The van der Waals surface area contributed by atoms with E-state index in [0.717, 1.165) is 24.8 Å². The van der Waals surface area contributed by atoms with Crippen LogP contribution < -0.4 is 10.6 Å². The number of carbonyl (C=O) groups is 2. The van der Waals surface area contributed by atoms with Gasteiger partial charge in [0.1, 0.15) is 6.04 Å². The molecule has 1 fully saturated rings. The SMILES string of the molecule is Cc1ccc(C(=O)NC(C(=O)NCC2(O)CCC2)C(C)C)cc1. The molecule has 2 amide bonds. The van der Waals surface area contributed by atoms with Gasteiger partial charge in [-0.2, -0.15) is 0 Å². The first-order valence-electron chi connectivity index (χ1n) is 8.18. The fourth-order valence-electron chi connectivity index (χ4n) is 2.59. The van der Waals surface area contributed by atoms with E-state index in [1.165, 1.54) is 0 Å². The Morgan fingerprint density at radius 3 is 2.30 bits per heavy atom.